The first-order chi connectivity index (χ1) is 22.6. The van der Waals surface area contributed by atoms with Gasteiger partial charge in [0, 0.05) is 79.2 Å². The lowest BCUT2D eigenvalue weighted by molar-refractivity contribution is -0.143. The topological polar surface area (TPSA) is 134 Å². The predicted octanol–water partition coefficient (Wildman–Crippen LogP) is 4.89. The van der Waals surface area contributed by atoms with E-state index in [1.807, 2.05) is 58.2 Å². The van der Waals surface area contributed by atoms with E-state index in [9.17, 15) is 14.4 Å². The molecule has 2 aromatic heterocycles. The zero-order valence-electron chi connectivity index (χ0n) is 27.8. The van der Waals surface area contributed by atoms with Gasteiger partial charge in [0.2, 0.25) is 5.91 Å². The Balaban J connectivity index is 1.07. The van der Waals surface area contributed by atoms with Gasteiger partial charge in [0.1, 0.15) is 5.82 Å². The van der Waals surface area contributed by atoms with Crippen molar-refractivity contribution < 1.29 is 9.59 Å². The van der Waals surface area contributed by atoms with Crippen molar-refractivity contribution in [1.29, 1.82) is 5.41 Å². The normalized spacial score (nSPS) is 24.3. The molecule has 3 heterocycles. The summed E-state index contributed by atoms with van der Waals surface area (Å²) in [7, 11) is 0. The fraction of sp³-hybridized carbons (Fsp3) is 0.486. The second-order valence-electron chi connectivity index (χ2n) is 14.5. The summed E-state index contributed by atoms with van der Waals surface area (Å²) in [6, 6.07) is 9.72. The molecule has 1 aliphatic heterocycles. The molecule has 4 saturated carbocycles. The van der Waals surface area contributed by atoms with E-state index in [2.05, 4.69) is 25.4 Å². The molecule has 4 aliphatic carbocycles. The molecule has 5 aliphatic rings. The molecule has 3 aromatic rings. The highest BCUT2D eigenvalue weighted by atomic mass is 16.2. The van der Waals surface area contributed by atoms with Gasteiger partial charge in [-0.1, -0.05) is 0 Å². The van der Waals surface area contributed by atoms with Crippen molar-refractivity contribution in [3.05, 3.63) is 74.8 Å². The molecule has 5 fully saturated rings. The number of rotatable bonds is 9. The maximum Gasteiger partial charge on any atom is 0.253 e. The van der Waals surface area contributed by atoms with Crippen LogP contribution in [0.15, 0.2) is 41.3 Å². The number of H-pyrrole nitrogens is 1. The number of aryl methyl sites for hydroxylation is 2. The molecule has 8 rings (SSSR count). The van der Waals surface area contributed by atoms with Gasteiger partial charge in [-0.15, -0.1) is 0 Å². The zero-order valence-corrected chi connectivity index (χ0v) is 27.8. The first kappa shape index (κ1) is 31.1. The van der Waals surface area contributed by atoms with Crippen LogP contribution in [0.2, 0.25) is 0 Å². The van der Waals surface area contributed by atoms with Gasteiger partial charge in [-0.3, -0.25) is 14.4 Å². The number of nitrogens with zero attached hydrogens (tertiary/aromatic N) is 3. The number of pyridine rings is 2. The van der Waals surface area contributed by atoms with Crippen LogP contribution in [-0.2, 0) is 11.3 Å². The second kappa shape index (κ2) is 12.0. The average Bonchev–Trinajstić information content (AvgIpc) is 3.80. The Morgan fingerprint density at radius 3 is 2.36 bits per heavy atom. The number of carbonyl (C=O) groups excluding carboxylic acids is 2. The quantitative estimate of drug-likeness (QED) is 0.248. The highest BCUT2D eigenvalue weighted by Gasteiger charge is 2.66. The molecular formula is C37H45N7O3. The predicted molar refractivity (Wildman–Crippen MR) is 184 cm³/mol. The van der Waals surface area contributed by atoms with Gasteiger partial charge >= 0.3 is 0 Å². The van der Waals surface area contributed by atoms with Crippen LogP contribution in [0, 0.1) is 42.4 Å². The number of piperazine rings is 1. The third-order valence-corrected chi connectivity index (χ3v) is 11.2. The van der Waals surface area contributed by atoms with Crippen molar-refractivity contribution in [3.8, 4) is 11.1 Å². The highest BCUT2D eigenvalue weighted by molar-refractivity contribution is 6.06. The van der Waals surface area contributed by atoms with Gasteiger partial charge in [-0.25, -0.2) is 4.98 Å². The molecule has 0 radical (unpaired) electrons. The second-order valence-corrected chi connectivity index (χ2v) is 14.5. The number of benzene rings is 1. The lowest BCUT2D eigenvalue weighted by Gasteiger charge is -2.40. The molecular weight excluding hydrogens is 590 g/mol. The smallest absolute Gasteiger partial charge is 0.253 e. The van der Waals surface area contributed by atoms with Crippen molar-refractivity contribution in [1.82, 2.24) is 20.2 Å². The summed E-state index contributed by atoms with van der Waals surface area (Å²) < 4.78 is 0. The van der Waals surface area contributed by atoms with Gasteiger partial charge in [0.15, 0.2) is 0 Å². The number of anilines is 2. The SMILES string of the molecule is Cc1cc(C)c(CNC(=O)c2cc(-c3ccc(N4CCN(C(=O)C56CC7CC5CC7C6)CC4)nc3)cc(NC(C)C)c2C=N)c(=O)[nH]1. The minimum atomic E-state index is -0.365. The molecule has 2 amide bonds. The summed E-state index contributed by atoms with van der Waals surface area (Å²) in [5.74, 6) is 3.13. The fourth-order valence-corrected chi connectivity index (χ4v) is 9.02. The van der Waals surface area contributed by atoms with E-state index in [1.54, 1.807) is 6.07 Å². The molecule has 47 heavy (non-hydrogen) atoms. The zero-order chi connectivity index (χ0) is 33.0. The van der Waals surface area contributed by atoms with Crippen LogP contribution >= 0.6 is 0 Å². The molecule has 10 nitrogen and oxygen atoms in total. The van der Waals surface area contributed by atoms with E-state index in [0.29, 0.717) is 34.2 Å². The van der Waals surface area contributed by atoms with Gasteiger partial charge in [0.25, 0.3) is 11.5 Å². The average molecular weight is 636 g/mol. The van der Waals surface area contributed by atoms with Crippen molar-refractivity contribution >= 4 is 29.5 Å². The number of hydrogen-bond acceptors (Lipinski definition) is 7. The molecule has 246 valence electrons. The van der Waals surface area contributed by atoms with Crippen LogP contribution in [0.1, 0.15) is 72.3 Å². The van der Waals surface area contributed by atoms with E-state index in [4.69, 9.17) is 10.4 Å². The Morgan fingerprint density at radius 2 is 1.79 bits per heavy atom. The number of hydrogen-bond donors (Lipinski definition) is 4. The Bertz CT molecular complexity index is 1770. The van der Waals surface area contributed by atoms with Crippen molar-refractivity contribution in [3.63, 3.8) is 0 Å². The number of carbonyl (C=O) groups is 2. The summed E-state index contributed by atoms with van der Waals surface area (Å²) in [6.45, 7) is 10.8. The van der Waals surface area contributed by atoms with E-state index in [1.165, 1.54) is 19.1 Å². The molecule has 2 atom stereocenters. The van der Waals surface area contributed by atoms with E-state index in [0.717, 1.165) is 79.1 Å². The lowest BCUT2D eigenvalue weighted by atomic mass is 9.79. The third kappa shape index (κ3) is 5.51. The van der Waals surface area contributed by atoms with E-state index >= 15 is 0 Å². The minimum absolute atomic E-state index is 0.0547. The van der Waals surface area contributed by atoms with Crippen molar-refractivity contribution in [2.24, 2.45) is 23.2 Å². The van der Waals surface area contributed by atoms with E-state index < -0.39 is 0 Å². The number of nitrogens with one attached hydrogen (secondary N) is 4. The Kier molecular flexibility index (Phi) is 7.92. The van der Waals surface area contributed by atoms with Crippen LogP contribution in [0.4, 0.5) is 11.5 Å². The Hall–Kier alpha value is -4.47. The van der Waals surface area contributed by atoms with Crippen LogP contribution in [0.25, 0.3) is 11.1 Å². The lowest BCUT2D eigenvalue weighted by Crippen LogP contribution is -2.53. The fourth-order valence-electron chi connectivity index (χ4n) is 9.02. The molecule has 4 bridgehead atoms. The first-order valence-corrected chi connectivity index (χ1v) is 17.0. The summed E-state index contributed by atoms with van der Waals surface area (Å²) in [5.41, 5.74) is 4.96. The third-order valence-electron chi connectivity index (χ3n) is 11.2. The van der Waals surface area contributed by atoms with Gasteiger partial charge in [0.05, 0.1) is 11.0 Å². The monoisotopic (exact) mass is 635 g/mol. The Morgan fingerprint density at radius 1 is 1.06 bits per heavy atom. The molecule has 1 saturated heterocycles. The standard InChI is InChI=1S/C37H45N7O3/c1-21(2)41-32-15-25(14-29(30(32)18-38)34(45)40-20-31-22(3)11-23(4)42-35(31)46)24-5-6-33(39-19-24)43-7-9-44(10-8-43)36(47)37-16-26-12-28(37)13-27(26)17-37/h5-6,11,14-15,18-19,21,26-28,38,41H,7-10,12-13,16-17,20H2,1-4H3,(H,40,45)(H,42,46). The maximum absolute atomic E-state index is 13.7. The van der Waals surface area contributed by atoms with Gasteiger partial charge < -0.3 is 30.8 Å². The number of aromatic amines is 1. The van der Waals surface area contributed by atoms with Gasteiger partial charge in [-0.05, 0) is 113 Å². The summed E-state index contributed by atoms with van der Waals surface area (Å²) >= 11 is 0. The molecule has 0 spiro atoms. The van der Waals surface area contributed by atoms with Crippen molar-refractivity contribution in [2.75, 3.05) is 36.4 Å². The minimum Gasteiger partial charge on any atom is -0.382 e. The summed E-state index contributed by atoms with van der Waals surface area (Å²) in [4.78, 5) is 51.8. The summed E-state index contributed by atoms with van der Waals surface area (Å²) in [6.07, 6.45) is 7.80. The van der Waals surface area contributed by atoms with Crippen molar-refractivity contribution in [2.45, 2.75) is 66.0 Å². The Labute approximate surface area is 275 Å². The van der Waals surface area contributed by atoms with Gasteiger partial charge in [-0.2, -0.15) is 0 Å². The van der Waals surface area contributed by atoms with Crippen LogP contribution < -0.4 is 21.1 Å². The molecule has 4 N–H and O–H groups in total. The molecule has 10 heteroatoms. The number of amides is 2. The maximum atomic E-state index is 13.7. The van der Waals surface area contributed by atoms with Crippen LogP contribution in [-0.4, -0.2) is 65.1 Å². The largest absolute Gasteiger partial charge is 0.382 e. The van der Waals surface area contributed by atoms with Crippen LogP contribution in [0.5, 0.6) is 0 Å². The van der Waals surface area contributed by atoms with E-state index in [-0.39, 0.29) is 29.5 Å². The first-order valence-electron chi connectivity index (χ1n) is 17.0. The highest BCUT2D eigenvalue weighted by Crippen LogP contribution is 2.70. The number of aromatic nitrogens is 2. The molecule has 1 aromatic carbocycles. The summed E-state index contributed by atoms with van der Waals surface area (Å²) in [5, 5.41) is 14.4. The van der Waals surface area contributed by atoms with Crippen LogP contribution in [0.3, 0.4) is 0 Å². The molecule has 2 unspecified atom stereocenters.